The maximum absolute atomic E-state index is 12.9. The van der Waals surface area contributed by atoms with Crippen molar-refractivity contribution in [2.75, 3.05) is 7.11 Å². The fourth-order valence-electron chi connectivity index (χ4n) is 3.18. The molecule has 0 radical (unpaired) electrons. The second-order valence-electron chi connectivity index (χ2n) is 6.30. The van der Waals surface area contributed by atoms with Gasteiger partial charge < -0.3 is 4.74 Å². The van der Waals surface area contributed by atoms with Gasteiger partial charge in [-0.25, -0.2) is 9.48 Å². The Morgan fingerprint density at radius 1 is 1.11 bits per heavy atom. The van der Waals surface area contributed by atoms with E-state index in [1.165, 1.54) is 11.8 Å². The van der Waals surface area contributed by atoms with Crippen molar-refractivity contribution in [2.45, 2.75) is 6.92 Å². The van der Waals surface area contributed by atoms with Gasteiger partial charge in [-0.2, -0.15) is 0 Å². The van der Waals surface area contributed by atoms with E-state index in [0.717, 1.165) is 16.8 Å². The molecule has 0 aliphatic rings. The minimum Gasteiger partial charge on any atom is -0.465 e. The Bertz CT molecular complexity index is 1240. The van der Waals surface area contributed by atoms with Crippen molar-refractivity contribution < 1.29 is 9.53 Å². The van der Waals surface area contributed by atoms with Gasteiger partial charge in [0.05, 0.1) is 29.3 Å². The molecule has 2 aromatic carbocycles. The lowest BCUT2D eigenvalue weighted by Gasteiger charge is -2.08. The number of aromatic nitrogens is 3. The van der Waals surface area contributed by atoms with Crippen LogP contribution < -0.4 is 5.56 Å². The number of fused-ring (bicyclic) bond motifs is 1. The number of aromatic amines is 1. The van der Waals surface area contributed by atoms with Crippen molar-refractivity contribution in [1.29, 1.82) is 0 Å². The van der Waals surface area contributed by atoms with Crippen LogP contribution >= 0.6 is 11.6 Å². The summed E-state index contributed by atoms with van der Waals surface area (Å²) in [4.78, 5) is 29.0. The van der Waals surface area contributed by atoms with Crippen LogP contribution in [0.25, 0.3) is 27.7 Å². The molecule has 0 saturated carbocycles. The summed E-state index contributed by atoms with van der Waals surface area (Å²) in [5, 5.41) is 4.26. The van der Waals surface area contributed by atoms with Crippen molar-refractivity contribution in [3.8, 4) is 16.8 Å². The molecular formula is C21H16ClN3O3. The molecule has 7 heteroatoms. The number of ether oxygens (including phenoxy) is 1. The highest BCUT2D eigenvalue weighted by Gasteiger charge is 2.16. The first kappa shape index (κ1) is 18.0. The third kappa shape index (κ3) is 2.97. The van der Waals surface area contributed by atoms with Gasteiger partial charge in [0.1, 0.15) is 0 Å². The van der Waals surface area contributed by atoms with Crippen molar-refractivity contribution in [3.05, 3.63) is 81.4 Å². The molecule has 2 aromatic heterocycles. The van der Waals surface area contributed by atoms with Gasteiger partial charge in [-0.05, 0) is 48.9 Å². The van der Waals surface area contributed by atoms with Gasteiger partial charge in [-0.15, -0.1) is 0 Å². The number of benzene rings is 2. The van der Waals surface area contributed by atoms with Crippen molar-refractivity contribution in [2.24, 2.45) is 0 Å². The monoisotopic (exact) mass is 393 g/mol. The van der Waals surface area contributed by atoms with Gasteiger partial charge in [0, 0.05) is 22.5 Å². The van der Waals surface area contributed by atoms with Gasteiger partial charge in [-0.1, -0.05) is 23.7 Å². The maximum atomic E-state index is 12.9. The van der Waals surface area contributed by atoms with E-state index in [-0.39, 0.29) is 5.56 Å². The first-order valence-corrected chi connectivity index (χ1v) is 8.92. The Hall–Kier alpha value is -3.38. The number of carbonyl (C=O) groups is 1. The molecule has 0 aliphatic carbocycles. The molecule has 0 bridgehead atoms. The number of esters is 1. The first-order chi connectivity index (χ1) is 13.5. The fourth-order valence-corrected chi connectivity index (χ4v) is 3.31. The molecule has 1 N–H and O–H groups in total. The molecule has 0 unspecified atom stereocenters. The molecule has 0 aliphatic heterocycles. The quantitative estimate of drug-likeness (QED) is 0.531. The Labute approximate surface area is 165 Å². The predicted octanol–water partition coefficient (Wildman–Crippen LogP) is 4.13. The van der Waals surface area contributed by atoms with Gasteiger partial charge >= 0.3 is 5.97 Å². The van der Waals surface area contributed by atoms with Crippen LogP contribution in [0, 0.1) is 6.92 Å². The highest BCUT2D eigenvalue weighted by molar-refractivity contribution is 6.30. The number of carbonyl (C=O) groups excluding carboxylic acids is 1. The number of pyridine rings is 1. The summed E-state index contributed by atoms with van der Waals surface area (Å²) in [5.74, 6) is -0.401. The second-order valence-corrected chi connectivity index (χ2v) is 6.74. The first-order valence-electron chi connectivity index (χ1n) is 8.54. The minimum atomic E-state index is -0.401. The van der Waals surface area contributed by atoms with E-state index < -0.39 is 5.97 Å². The van der Waals surface area contributed by atoms with Crippen LogP contribution in [0.5, 0.6) is 0 Å². The van der Waals surface area contributed by atoms with E-state index in [2.05, 4.69) is 10.1 Å². The summed E-state index contributed by atoms with van der Waals surface area (Å²) in [6.45, 7) is 1.88. The SMILES string of the molecule is COC(=O)c1ccc(-c2c(C)ncc3c(=O)n(-c4ccc(Cl)cc4)[nH]c23)cc1. The Kier molecular flexibility index (Phi) is 4.49. The minimum absolute atomic E-state index is 0.197. The number of hydrogen-bond acceptors (Lipinski definition) is 4. The standard InChI is InChI=1S/C21H16ClN3O3/c1-12-18(13-3-5-14(6-4-13)21(27)28-2)19-17(11-23-12)20(26)25(24-19)16-9-7-15(22)8-10-16/h3-11,24H,1-2H3. The summed E-state index contributed by atoms with van der Waals surface area (Å²) in [5.41, 5.74) is 4.02. The van der Waals surface area contributed by atoms with Crippen LogP contribution in [0.2, 0.25) is 5.02 Å². The van der Waals surface area contributed by atoms with Crippen molar-refractivity contribution >= 4 is 28.5 Å². The molecule has 0 fully saturated rings. The zero-order valence-electron chi connectivity index (χ0n) is 15.2. The highest BCUT2D eigenvalue weighted by atomic mass is 35.5. The molecule has 28 heavy (non-hydrogen) atoms. The molecule has 2 heterocycles. The fraction of sp³-hybridized carbons (Fsp3) is 0.0952. The number of nitrogens with zero attached hydrogens (tertiary/aromatic N) is 2. The lowest BCUT2D eigenvalue weighted by atomic mass is 10.0. The van der Waals surface area contributed by atoms with Gasteiger partial charge in [0.25, 0.3) is 5.56 Å². The molecule has 0 amide bonds. The Morgan fingerprint density at radius 3 is 2.43 bits per heavy atom. The second kappa shape index (κ2) is 6.98. The normalized spacial score (nSPS) is 11.0. The number of halogens is 1. The predicted molar refractivity (Wildman–Crippen MR) is 108 cm³/mol. The van der Waals surface area contributed by atoms with Crippen LogP contribution in [0.1, 0.15) is 16.1 Å². The van der Waals surface area contributed by atoms with Crippen LogP contribution in [-0.4, -0.2) is 27.8 Å². The molecule has 0 atom stereocenters. The summed E-state index contributed by atoms with van der Waals surface area (Å²) >= 11 is 5.95. The molecule has 4 aromatic rings. The lowest BCUT2D eigenvalue weighted by molar-refractivity contribution is 0.0601. The van der Waals surface area contributed by atoms with Crippen LogP contribution in [0.3, 0.4) is 0 Å². The summed E-state index contributed by atoms with van der Waals surface area (Å²) in [6, 6.07) is 14.0. The zero-order valence-corrected chi connectivity index (χ0v) is 15.9. The Morgan fingerprint density at radius 2 is 1.79 bits per heavy atom. The van der Waals surface area contributed by atoms with E-state index in [9.17, 15) is 9.59 Å². The topological polar surface area (TPSA) is 77.0 Å². The van der Waals surface area contributed by atoms with Gasteiger partial charge in [-0.3, -0.25) is 14.9 Å². The van der Waals surface area contributed by atoms with Gasteiger partial charge in [0.15, 0.2) is 0 Å². The summed E-state index contributed by atoms with van der Waals surface area (Å²) in [6.07, 6.45) is 1.57. The summed E-state index contributed by atoms with van der Waals surface area (Å²) < 4.78 is 6.21. The zero-order chi connectivity index (χ0) is 19.8. The lowest BCUT2D eigenvalue weighted by Crippen LogP contribution is -2.14. The maximum Gasteiger partial charge on any atom is 0.337 e. The smallest absolute Gasteiger partial charge is 0.337 e. The van der Waals surface area contributed by atoms with E-state index >= 15 is 0 Å². The van der Waals surface area contributed by atoms with Crippen LogP contribution in [0.15, 0.2) is 59.5 Å². The van der Waals surface area contributed by atoms with Gasteiger partial charge in [0.2, 0.25) is 0 Å². The largest absolute Gasteiger partial charge is 0.465 e. The summed E-state index contributed by atoms with van der Waals surface area (Å²) in [7, 11) is 1.34. The molecule has 0 spiro atoms. The molecule has 140 valence electrons. The molecule has 0 saturated heterocycles. The number of nitrogens with one attached hydrogen (secondary N) is 1. The molecular weight excluding hydrogens is 378 g/mol. The molecule has 6 nitrogen and oxygen atoms in total. The number of hydrogen-bond donors (Lipinski definition) is 1. The van der Waals surface area contributed by atoms with E-state index in [1.54, 1.807) is 42.6 Å². The number of H-pyrrole nitrogens is 1. The average molecular weight is 394 g/mol. The molecule has 4 rings (SSSR count). The Balaban J connectivity index is 1.90. The third-order valence-electron chi connectivity index (χ3n) is 4.61. The van der Waals surface area contributed by atoms with Crippen LogP contribution in [0.4, 0.5) is 0 Å². The third-order valence-corrected chi connectivity index (χ3v) is 4.86. The van der Waals surface area contributed by atoms with E-state index in [1.807, 2.05) is 19.1 Å². The van der Waals surface area contributed by atoms with Crippen LogP contribution in [-0.2, 0) is 4.74 Å². The van der Waals surface area contributed by atoms with Crippen molar-refractivity contribution in [1.82, 2.24) is 14.8 Å². The van der Waals surface area contributed by atoms with E-state index in [0.29, 0.717) is 27.2 Å². The number of methoxy groups -OCH3 is 1. The number of rotatable bonds is 3. The van der Waals surface area contributed by atoms with E-state index in [4.69, 9.17) is 16.3 Å². The highest BCUT2D eigenvalue weighted by Crippen LogP contribution is 2.29. The number of aryl methyl sites for hydroxylation is 1. The average Bonchev–Trinajstić information content (AvgIpc) is 3.04. The van der Waals surface area contributed by atoms with Crippen molar-refractivity contribution in [3.63, 3.8) is 0 Å².